The van der Waals surface area contributed by atoms with Crippen LogP contribution in [0.25, 0.3) is 6.08 Å². The summed E-state index contributed by atoms with van der Waals surface area (Å²) in [6.45, 7) is 1.92. The summed E-state index contributed by atoms with van der Waals surface area (Å²) < 4.78 is 38.1. The lowest BCUT2D eigenvalue weighted by Crippen LogP contribution is -2.13. The highest BCUT2D eigenvalue weighted by Gasteiger charge is 2.14. The summed E-state index contributed by atoms with van der Waals surface area (Å²) in [4.78, 5) is 12.3. The summed E-state index contributed by atoms with van der Waals surface area (Å²) in [5.74, 6) is 0.806. The van der Waals surface area contributed by atoms with E-state index in [0.29, 0.717) is 22.9 Å². The van der Waals surface area contributed by atoms with E-state index < -0.39 is 10.0 Å². The Bertz CT molecular complexity index is 1220. The van der Waals surface area contributed by atoms with Crippen molar-refractivity contribution < 1.29 is 22.7 Å². The van der Waals surface area contributed by atoms with Crippen LogP contribution in [-0.2, 0) is 14.8 Å². The molecule has 0 unspecified atom stereocenters. The molecule has 2 N–H and O–H groups in total. The van der Waals surface area contributed by atoms with E-state index >= 15 is 0 Å². The Kier molecular flexibility index (Phi) is 7.17. The van der Waals surface area contributed by atoms with E-state index in [1.54, 1.807) is 43.5 Å². The van der Waals surface area contributed by atoms with Crippen LogP contribution in [0.2, 0.25) is 0 Å². The Labute approximate surface area is 187 Å². The van der Waals surface area contributed by atoms with Gasteiger partial charge in [0.1, 0.15) is 0 Å². The highest BCUT2D eigenvalue weighted by Crippen LogP contribution is 2.28. The van der Waals surface area contributed by atoms with Crippen LogP contribution in [0.3, 0.4) is 0 Å². The van der Waals surface area contributed by atoms with Gasteiger partial charge < -0.3 is 14.8 Å². The molecule has 0 aliphatic rings. The SMILES string of the molecule is COc1ccc(C=CC(=O)Nc2ccc(S(=O)(=O)Nc3ccc(C)cc3)cc2)cc1OC. The van der Waals surface area contributed by atoms with Gasteiger partial charge >= 0.3 is 0 Å². The molecule has 3 rings (SSSR count). The molecule has 166 valence electrons. The van der Waals surface area contributed by atoms with Gasteiger partial charge in [0.05, 0.1) is 19.1 Å². The molecule has 0 heterocycles. The maximum Gasteiger partial charge on any atom is 0.261 e. The lowest BCUT2D eigenvalue weighted by Gasteiger charge is -2.09. The van der Waals surface area contributed by atoms with Crippen LogP contribution in [0.5, 0.6) is 11.5 Å². The molecular formula is C24H24N2O5S. The molecule has 0 aromatic heterocycles. The first-order valence-electron chi connectivity index (χ1n) is 9.71. The van der Waals surface area contributed by atoms with Gasteiger partial charge in [-0.25, -0.2) is 8.42 Å². The van der Waals surface area contributed by atoms with Crippen molar-refractivity contribution in [1.29, 1.82) is 0 Å². The zero-order chi connectivity index (χ0) is 23.1. The maximum absolute atomic E-state index is 12.5. The zero-order valence-corrected chi connectivity index (χ0v) is 18.8. The van der Waals surface area contributed by atoms with E-state index in [2.05, 4.69) is 10.0 Å². The normalized spacial score (nSPS) is 11.2. The molecule has 0 fully saturated rings. The third-order valence-electron chi connectivity index (χ3n) is 4.57. The maximum atomic E-state index is 12.5. The summed E-state index contributed by atoms with van der Waals surface area (Å²) >= 11 is 0. The second kappa shape index (κ2) is 10.0. The molecule has 3 aromatic carbocycles. The summed E-state index contributed by atoms with van der Waals surface area (Å²) in [6.07, 6.45) is 3.02. The number of aryl methyl sites for hydroxylation is 1. The second-order valence-corrected chi connectivity index (χ2v) is 8.62. The Balaban J connectivity index is 1.64. The van der Waals surface area contributed by atoms with Crippen molar-refractivity contribution in [3.8, 4) is 11.5 Å². The molecular weight excluding hydrogens is 428 g/mol. The highest BCUT2D eigenvalue weighted by molar-refractivity contribution is 7.92. The number of sulfonamides is 1. The number of hydrogen-bond donors (Lipinski definition) is 2. The molecule has 0 bridgehead atoms. The van der Waals surface area contributed by atoms with E-state index in [-0.39, 0.29) is 10.8 Å². The van der Waals surface area contributed by atoms with Gasteiger partial charge in [0.25, 0.3) is 10.0 Å². The summed E-state index contributed by atoms with van der Waals surface area (Å²) in [5.41, 5.74) is 2.75. The Morgan fingerprint density at radius 2 is 1.47 bits per heavy atom. The van der Waals surface area contributed by atoms with Crippen LogP contribution >= 0.6 is 0 Å². The van der Waals surface area contributed by atoms with Gasteiger partial charge in [-0.2, -0.15) is 0 Å². The average Bonchev–Trinajstić information content (AvgIpc) is 2.79. The average molecular weight is 453 g/mol. The van der Waals surface area contributed by atoms with Crippen molar-refractivity contribution in [2.45, 2.75) is 11.8 Å². The summed E-state index contributed by atoms with van der Waals surface area (Å²) in [7, 11) is -0.637. The predicted octanol–water partition coefficient (Wildman–Crippen LogP) is 4.46. The van der Waals surface area contributed by atoms with Crippen LogP contribution in [0, 0.1) is 6.92 Å². The molecule has 0 saturated carbocycles. The van der Waals surface area contributed by atoms with Gasteiger partial charge in [0.2, 0.25) is 5.91 Å². The van der Waals surface area contributed by atoms with Crippen LogP contribution < -0.4 is 19.5 Å². The largest absolute Gasteiger partial charge is 0.493 e. The third-order valence-corrected chi connectivity index (χ3v) is 5.97. The van der Waals surface area contributed by atoms with Gasteiger partial charge in [0, 0.05) is 17.5 Å². The first-order chi connectivity index (χ1) is 15.3. The predicted molar refractivity (Wildman–Crippen MR) is 126 cm³/mol. The van der Waals surface area contributed by atoms with Crippen LogP contribution in [0.15, 0.2) is 77.7 Å². The standard InChI is InChI=1S/C24H24N2O5S/c1-17-4-8-20(9-5-17)26-32(28,29)21-12-10-19(11-13-21)25-24(27)15-7-18-6-14-22(30-2)23(16-18)31-3/h4-16,26H,1-3H3,(H,25,27). The number of rotatable bonds is 8. The molecule has 1 amide bonds. The van der Waals surface area contributed by atoms with E-state index in [1.807, 2.05) is 19.1 Å². The van der Waals surface area contributed by atoms with Crippen LogP contribution in [0.1, 0.15) is 11.1 Å². The number of benzene rings is 3. The molecule has 0 aliphatic heterocycles. The molecule has 7 nitrogen and oxygen atoms in total. The molecule has 0 radical (unpaired) electrons. The van der Waals surface area contributed by atoms with Crippen molar-refractivity contribution in [1.82, 2.24) is 0 Å². The van der Waals surface area contributed by atoms with Gasteiger partial charge in [-0.05, 0) is 67.1 Å². The van der Waals surface area contributed by atoms with Crippen molar-refractivity contribution in [2.24, 2.45) is 0 Å². The van der Waals surface area contributed by atoms with Crippen molar-refractivity contribution in [3.05, 3.63) is 83.9 Å². The van der Waals surface area contributed by atoms with Gasteiger partial charge in [0.15, 0.2) is 11.5 Å². The van der Waals surface area contributed by atoms with Gasteiger partial charge in [-0.15, -0.1) is 0 Å². The minimum atomic E-state index is -3.73. The topological polar surface area (TPSA) is 93.7 Å². The fraction of sp³-hybridized carbons (Fsp3) is 0.125. The van der Waals surface area contributed by atoms with Crippen molar-refractivity contribution in [3.63, 3.8) is 0 Å². The highest BCUT2D eigenvalue weighted by atomic mass is 32.2. The van der Waals surface area contributed by atoms with E-state index in [4.69, 9.17) is 9.47 Å². The molecule has 0 aliphatic carbocycles. The summed E-state index contributed by atoms with van der Waals surface area (Å²) in [5, 5.41) is 2.70. The van der Waals surface area contributed by atoms with Crippen LogP contribution in [-0.4, -0.2) is 28.5 Å². The number of anilines is 2. The number of carbonyl (C=O) groups excluding carboxylic acids is 1. The minimum Gasteiger partial charge on any atom is -0.493 e. The first-order valence-corrected chi connectivity index (χ1v) is 11.2. The second-order valence-electron chi connectivity index (χ2n) is 6.93. The van der Waals surface area contributed by atoms with Crippen LogP contribution in [0.4, 0.5) is 11.4 Å². The smallest absolute Gasteiger partial charge is 0.261 e. The van der Waals surface area contributed by atoms with E-state index in [0.717, 1.165) is 11.1 Å². The molecule has 32 heavy (non-hydrogen) atoms. The Hall–Kier alpha value is -3.78. The fourth-order valence-corrected chi connectivity index (χ4v) is 3.92. The molecule has 8 heteroatoms. The summed E-state index contributed by atoms with van der Waals surface area (Å²) in [6, 6.07) is 18.3. The lowest BCUT2D eigenvalue weighted by atomic mass is 10.2. The number of methoxy groups -OCH3 is 2. The van der Waals surface area contributed by atoms with E-state index in [1.165, 1.54) is 37.5 Å². The van der Waals surface area contributed by atoms with Gasteiger partial charge in [-0.3, -0.25) is 9.52 Å². The third kappa shape index (κ3) is 5.89. The quantitative estimate of drug-likeness (QED) is 0.492. The molecule has 0 saturated heterocycles. The zero-order valence-electron chi connectivity index (χ0n) is 18.0. The van der Waals surface area contributed by atoms with Crippen molar-refractivity contribution in [2.75, 3.05) is 24.3 Å². The number of hydrogen-bond acceptors (Lipinski definition) is 5. The van der Waals surface area contributed by atoms with Crippen molar-refractivity contribution >= 4 is 33.4 Å². The minimum absolute atomic E-state index is 0.0944. The monoisotopic (exact) mass is 452 g/mol. The number of nitrogens with one attached hydrogen (secondary N) is 2. The molecule has 3 aromatic rings. The first kappa shape index (κ1) is 22.9. The number of carbonyl (C=O) groups is 1. The van der Waals surface area contributed by atoms with E-state index in [9.17, 15) is 13.2 Å². The fourth-order valence-electron chi connectivity index (χ4n) is 2.87. The Morgan fingerprint density at radius 1 is 0.844 bits per heavy atom. The molecule has 0 spiro atoms. The Morgan fingerprint density at radius 3 is 2.09 bits per heavy atom. The lowest BCUT2D eigenvalue weighted by molar-refractivity contribution is -0.111. The molecule has 0 atom stereocenters. The van der Waals surface area contributed by atoms with Gasteiger partial charge in [-0.1, -0.05) is 23.8 Å². The number of amides is 1. The number of ether oxygens (including phenoxy) is 2.